The van der Waals surface area contributed by atoms with Gasteiger partial charge in [0.2, 0.25) is 0 Å². The van der Waals surface area contributed by atoms with Gasteiger partial charge in [-0.3, -0.25) is 4.68 Å². The first-order valence-corrected chi connectivity index (χ1v) is 7.52. The van der Waals surface area contributed by atoms with Crippen LogP contribution >= 0.6 is 0 Å². The number of hydrogen-bond acceptors (Lipinski definition) is 3. The van der Waals surface area contributed by atoms with Crippen molar-refractivity contribution in [1.29, 1.82) is 5.26 Å². The van der Waals surface area contributed by atoms with E-state index in [1.165, 1.54) is 32.1 Å². The highest BCUT2D eigenvalue weighted by Crippen LogP contribution is 2.27. The highest BCUT2D eigenvalue weighted by molar-refractivity contribution is 5.36. The molecule has 1 aromatic heterocycles. The zero-order chi connectivity index (χ0) is 14.5. The van der Waals surface area contributed by atoms with Crippen molar-refractivity contribution in [2.75, 3.05) is 0 Å². The average Bonchev–Trinajstić information content (AvgIpc) is 3.03. The fraction of sp³-hybridized carbons (Fsp3) is 0.412. The SMILES string of the molecule is N#Cc1cccc(OCc2ccn(C3CCCCC3)n2)c1. The predicted octanol–water partition coefficient (Wildman–Crippen LogP) is 3.84. The molecule has 4 nitrogen and oxygen atoms in total. The van der Waals surface area contributed by atoms with Gasteiger partial charge in [-0.2, -0.15) is 10.4 Å². The highest BCUT2D eigenvalue weighted by atomic mass is 16.5. The molecule has 1 aliphatic carbocycles. The van der Waals surface area contributed by atoms with Crippen LogP contribution in [-0.4, -0.2) is 9.78 Å². The van der Waals surface area contributed by atoms with E-state index in [1.54, 1.807) is 12.1 Å². The standard InChI is InChI=1S/C17H19N3O/c18-12-14-5-4-8-17(11-14)21-13-15-9-10-20(19-15)16-6-2-1-3-7-16/h4-5,8-11,16H,1-3,6-7,13H2. The van der Waals surface area contributed by atoms with E-state index in [0.29, 0.717) is 24.0 Å². The van der Waals surface area contributed by atoms with E-state index in [2.05, 4.69) is 22.0 Å². The van der Waals surface area contributed by atoms with Crippen LogP contribution in [-0.2, 0) is 6.61 Å². The second-order valence-electron chi connectivity index (χ2n) is 5.51. The third-order valence-electron chi connectivity index (χ3n) is 3.96. The Labute approximate surface area is 125 Å². The number of benzene rings is 1. The minimum atomic E-state index is 0.439. The Balaban J connectivity index is 1.60. The van der Waals surface area contributed by atoms with Gasteiger partial charge in [0.05, 0.1) is 23.4 Å². The van der Waals surface area contributed by atoms with Crippen LogP contribution in [0.2, 0.25) is 0 Å². The van der Waals surface area contributed by atoms with Crippen LogP contribution in [0.25, 0.3) is 0 Å². The van der Waals surface area contributed by atoms with E-state index in [9.17, 15) is 0 Å². The molecule has 1 aliphatic rings. The number of aromatic nitrogens is 2. The summed E-state index contributed by atoms with van der Waals surface area (Å²) >= 11 is 0. The van der Waals surface area contributed by atoms with Crippen LogP contribution < -0.4 is 4.74 Å². The lowest BCUT2D eigenvalue weighted by molar-refractivity contribution is 0.291. The van der Waals surface area contributed by atoms with E-state index >= 15 is 0 Å². The maximum Gasteiger partial charge on any atom is 0.132 e. The van der Waals surface area contributed by atoms with E-state index in [4.69, 9.17) is 10.00 Å². The summed E-state index contributed by atoms with van der Waals surface area (Å²) in [5.74, 6) is 0.710. The first-order chi connectivity index (χ1) is 10.3. The normalized spacial score (nSPS) is 15.6. The van der Waals surface area contributed by atoms with Gasteiger partial charge in [-0.05, 0) is 37.1 Å². The Morgan fingerprint density at radius 1 is 1.24 bits per heavy atom. The lowest BCUT2D eigenvalue weighted by Crippen LogP contribution is -2.13. The molecule has 4 heteroatoms. The molecular formula is C17H19N3O. The van der Waals surface area contributed by atoms with E-state index < -0.39 is 0 Å². The van der Waals surface area contributed by atoms with Crippen LogP contribution in [0.1, 0.15) is 49.4 Å². The van der Waals surface area contributed by atoms with Gasteiger partial charge >= 0.3 is 0 Å². The summed E-state index contributed by atoms with van der Waals surface area (Å²) in [6.07, 6.45) is 8.47. The van der Waals surface area contributed by atoms with Gasteiger partial charge in [-0.1, -0.05) is 25.3 Å². The lowest BCUT2D eigenvalue weighted by atomic mass is 9.96. The van der Waals surface area contributed by atoms with Gasteiger partial charge < -0.3 is 4.74 Å². The summed E-state index contributed by atoms with van der Waals surface area (Å²) in [4.78, 5) is 0. The fourth-order valence-electron chi connectivity index (χ4n) is 2.82. The molecule has 21 heavy (non-hydrogen) atoms. The van der Waals surface area contributed by atoms with Crippen LogP contribution in [0.15, 0.2) is 36.5 Å². The number of rotatable bonds is 4. The van der Waals surface area contributed by atoms with E-state index in [0.717, 1.165) is 5.69 Å². The number of ether oxygens (including phenoxy) is 1. The summed E-state index contributed by atoms with van der Waals surface area (Å²) in [7, 11) is 0. The van der Waals surface area contributed by atoms with E-state index in [-0.39, 0.29) is 0 Å². The van der Waals surface area contributed by atoms with Crippen LogP contribution in [0.4, 0.5) is 0 Å². The van der Waals surface area contributed by atoms with E-state index in [1.807, 2.05) is 18.2 Å². The number of nitrogens with zero attached hydrogens (tertiary/aromatic N) is 3. The lowest BCUT2D eigenvalue weighted by Gasteiger charge is -2.21. The first kappa shape index (κ1) is 13.7. The van der Waals surface area contributed by atoms with Gasteiger partial charge in [0.15, 0.2) is 0 Å². The second kappa shape index (κ2) is 6.45. The molecule has 1 fully saturated rings. The Hall–Kier alpha value is -2.28. The topological polar surface area (TPSA) is 50.8 Å². The molecule has 0 N–H and O–H groups in total. The molecule has 3 rings (SSSR count). The van der Waals surface area contributed by atoms with Crippen LogP contribution in [0.5, 0.6) is 5.75 Å². The second-order valence-corrected chi connectivity index (χ2v) is 5.51. The largest absolute Gasteiger partial charge is 0.487 e. The minimum absolute atomic E-state index is 0.439. The summed E-state index contributed by atoms with van der Waals surface area (Å²) in [5, 5.41) is 13.5. The molecule has 1 aromatic carbocycles. The summed E-state index contributed by atoms with van der Waals surface area (Å²) in [5.41, 5.74) is 1.54. The molecule has 1 heterocycles. The Morgan fingerprint density at radius 3 is 2.90 bits per heavy atom. The van der Waals surface area contributed by atoms with Gasteiger partial charge in [0.25, 0.3) is 0 Å². The van der Waals surface area contributed by atoms with Crippen molar-refractivity contribution in [2.45, 2.75) is 44.8 Å². The van der Waals surface area contributed by atoms with Gasteiger partial charge in [-0.15, -0.1) is 0 Å². The summed E-state index contributed by atoms with van der Waals surface area (Å²) in [6, 6.07) is 11.9. The first-order valence-electron chi connectivity index (χ1n) is 7.52. The Kier molecular flexibility index (Phi) is 4.20. The van der Waals surface area contributed by atoms with Crippen molar-refractivity contribution in [3.63, 3.8) is 0 Å². The molecule has 0 radical (unpaired) electrons. The van der Waals surface area contributed by atoms with Crippen molar-refractivity contribution in [1.82, 2.24) is 9.78 Å². The van der Waals surface area contributed by atoms with Crippen molar-refractivity contribution >= 4 is 0 Å². The highest BCUT2D eigenvalue weighted by Gasteiger charge is 2.16. The van der Waals surface area contributed by atoms with Gasteiger partial charge in [-0.25, -0.2) is 0 Å². The molecule has 0 spiro atoms. The van der Waals surface area contributed by atoms with Crippen molar-refractivity contribution in [3.8, 4) is 11.8 Å². The van der Waals surface area contributed by atoms with Crippen molar-refractivity contribution in [3.05, 3.63) is 47.8 Å². The van der Waals surface area contributed by atoms with Gasteiger partial charge in [0.1, 0.15) is 12.4 Å². The van der Waals surface area contributed by atoms with Crippen molar-refractivity contribution in [2.24, 2.45) is 0 Å². The molecule has 1 saturated carbocycles. The number of nitriles is 1. The third kappa shape index (κ3) is 3.43. The smallest absolute Gasteiger partial charge is 0.132 e. The van der Waals surface area contributed by atoms with Crippen LogP contribution in [0, 0.1) is 11.3 Å². The summed E-state index contributed by atoms with van der Waals surface area (Å²) in [6.45, 7) is 0.439. The third-order valence-corrected chi connectivity index (χ3v) is 3.96. The molecule has 2 aromatic rings. The fourth-order valence-corrected chi connectivity index (χ4v) is 2.82. The average molecular weight is 281 g/mol. The predicted molar refractivity (Wildman–Crippen MR) is 79.8 cm³/mol. The maximum absolute atomic E-state index is 8.87. The minimum Gasteiger partial charge on any atom is -0.487 e. The zero-order valence-electron chi connectivity index (χ0n) is 12.0. The van der Waals surface area contributed by atoms with Gasteiger partial charge in [0, 0.05) is 6.20 Å². The molecular weight excluding hydrogens is 262 g/mol. The number of hydrogen-bond donors (Lipinski definition) is 0. The molecule has 108 valence electrons. The zero-order valence-corrected chi connectivity index (χ0v) is 12.0. The monoisotopic (exact) mass is 281 g/mol. The summed E-state index contributed by atoms with van der Waals surface area (Å²) < 4.78 is 7.80. The Morgan fingerprint density at radius 2 is 2.10 bits per heavy atom. The molecule has 0 atom stereocenters. The van der Waals surface area contributed by atoms with Crippen LogP contribution in [0.3, 0.4) is 0 Å². The maximum atomic E-state index is 8.87. The molecule has 0 saturated heterocycles. The Bertz CT molecular complexity index is 635. The molecule has 0 bridgehead atoms. The molecule has 0 unspecified atom stereocenters. The van der Waals surface area contributed by atoms with Crippen molar-refractivity contribution < 1.29 is 4.74 Å². The molecule has 0 amide bonds. The molecule has 0 aliphatic heterocycles. The quantitative estimate of drug-likeness (QED) is 0.855.